The van der Waals surface area contributed by atoms with Crippen LogP contribution < -0.4 is 0 Å². The van der Waals surface area contributed by atoms with Gasteiger partial charge in [-0.2, -0.15) is 0 Å². The van der Waals surface area contributed by atoms with Crippen LogP contribution in [0.3, 0.4) is 0 Å². The lowest BCUT2D eigenvalue weighted by molar-refractivity contribution is -0.135. The molecule has 1 heterocycles. The highest BCUT2D eigenvalue weighted by Gasteiger charge is 2.31. The van der Waals surface area contributed by atoms with Crippen LogP contribution in [0.2, 0.25) is 0 Å². The standard InChI is InChI=1S/C24H29N3O2S/c1-16-12-17(2)14-20(13-16)21-25-26-23(29-21)30-18(3)22(28)27(24(4,5)6)15-19-10-8-7-9-11-19/h7-14,18H,15H2,1-6H3/t18-/m1/s1. The zero-order chi connectivity index (χ0) is 21.9. The Morgan fingerprint density at radius 2 is 1.70 bits per heavy atom. The SMILES string of the molecule is Cc1cc(C)cc(-c2nnc(S[C@H](C)C(=O)N(Cc3ccccc3)C(C)(C)C)o2)c1. The summed E-state index contributed by atoms with van der Waals surface area (Å²) in [6, 6.07) is 16.2. The van der Waals surface area contributed by atoms with Crippen molar-refractivity contribution in [2.24, 2.45) is 0 Å². The van der Waals surface area contributed by atoms with E-state index in [-0.39, 0.29) is 16.7 Å². The summed E-state index contributed by atoms with van der Waals surface area (Å²) in [5, 5.41) is 8.39. The third kappa shape index (κ3) is 5.51. The van der Waals surface area contributed by atoms with Gasteiger partial charge in [0.25, 0.3) is 5.22 Å². The zero-order valence-electron chi connectivity index (χ0n) is 18.5. The number of carbonyl (C=O) groups excluding carboxylic acids is 1. The van der Waals surface area contributed by atoms with Gasteiger partial charge >= 0.3 is 0 Å². The van der Waals surface area contributed by atoms with Crippen LogP contribution in [0.25, 0.3) is 11.5 Å². The maximum Gasteiger partial charge on any atom is 0.277 e. The lowest BCUT2D eigenvalue weighted by Gasteiger charge is -2.37. The van der Waals surface area contributed by atoms with Gasteiger partial charge in [-0.1, -0.05) is 59.3 Å². The highest BCUT2D eigenvalue weighted by Crippen LogP contribution is 2.30. The molecule has 0 radical (unpaired) electrons. The van der Waals surface area contributed by atoms with Crippen LogP contribution in [0, 0.1) is 13.8 Å². The fourth-order valence-corrected chi connectivity index (χ4v) is 4.05. The topological polar surface area (TPSA) is 59.2 Å². The quantitative estimate of drug-likeness (QED) is 0.479. The maximum atomic E-state index is 13.3. The highest BCUT2D eigenvalue weighted by molar-refractivity contribution is 8.00. The number of carbonyl (C=O) groups is 1. The van der Waals surface area contributed by atoms with Crippen LogP contribution in [0.15, 0.2) is 58.2 Å². The number of benzene rings is 2. The second-order valence-electron chi connectivity index (χ2n) is 8.59. The molecule has 0 aliphatic rings. The van der Waals surface area contributed by atoms with Crippen LogP contribution in [0.1, 0.15) is 44.4 Å². The first-order valence-corrected chi connectivity index (χ1v) is 11.0. The van der Waals surface area contributed by atoms with Gasteiger partial charge in [-0.25, -0.2) is 0 Å². The minimum Gasteiger partial charge on any atom is -0.411 e. The third-order valence-corrected chi connectivity index (χ3v) is 5.68. The molecular formula is C24H29N3O2S. The van der Waals surface area contributed by atoms with Crippen LogP contribution >= 0.6 is 11.8 Å². The molecule has 1 aromatic heterocycles. The first-order chi connectivity index (χ1) is 14.1. The molecule has 0 saturated carbocycles. The summed E-state index contributed by atoms with van der Waals surface area (Å²) in [4.78, 5) is 15.2. The number of hydrogen-bond acceptors (Lipinski definition) is 5. The van der Waals surface area contributed by atoms with Crippen molar-refractivity contribution >= 4 is 17.7 Å². The lowest BCUT2D eigenvalue weighted by atomic mass is 10.0. The van der Waals surface area contributed by atoms with Crippen molar-refractivity contribution < 1.29 is 9.21 Å². The molecule has 2 aromatic carbocycles. The van der Waals surface area contributed by atoms with Crippen LogP contribution in [0.5, 0.6) is 0 Å². The molecule has 0 aliphatic carbocycles. The Balaban J connectivity index is 1.74. The first kappa shape index (κ1) is 22.1. The molecule has 158 valence electrons. The average molecular weight is 424 g/mol. The number of aryl methyl sites for hydroxylation is 2. The van der Waals surface area contributed by atoms with Crippen LogP contribution in [0.4, 0.5) is 0 Å². The van der Waals surface area contributed by atoms with Crippen molar-refractivity contribution in [3.8, 4) is 11.5 Å². The summed E-state index contributed by atoms with van der Waals surface area (Å²) in [7, 11) is 0. The van der Waals surface area contributed by atoms with Crippen molar-refractivity contribution in [3.05, 3.63) is 65.2 Å². The summed E-state index contributed by atoms with van der Waals surface area (Å²) < 4.78 is 5.85. The van der Waals surface area contributed by atoms with Gasteiger partial charge in [-0.15, -0.1) is 10.2 Å². The van der Waals surface area contributed by atoms with E-state index in [0.717, 1.165) is 22.3 Å². The van der Waals surface area contributed by atoms with Crippen molar-refractivity contribution in [1.82, 2.24) is 15.1 Å². The van der Waals surface area contributed by atoms with Gasteiger partial charge in [0.05, 0.1) is 5.25 Å². The minimum absolute atomic E-state index is 0.0440. The lowest BCUT2D eigenvalue weighted by Crippen LogP contribution is -2.48. The van der Waals surface area contributed by atoms with E-state index in [1.54, 1.807) is 0 Å². The molecule has 0 unspecified atom stereocenters. The molecule has 30 heavy (non-hydrogen) atoms. The van der Waals surface area contributed by atoms with E-state index in [9.17, 15) is 4.79 Å². The van der Waals surface area contributed by atoms with E-state index in [1.807, 2.05) is 68.1 Å². The van der Waals surface area contributed by atoms with Gasteiger partial charge in [0.15, 0.2) is 0 Å². The van der Waals surface area contributed by atoms with E-state index >= 15 is 0 Å². The number of hydrogen-bond donors (Lipinski definition) is 0. The predicted octanol–water partition coefficient (Wildman–Crippen LogP) is 5.66. The van der Waals surface area contributed by atoms with Crippen LogP contribution in [-0.4, -0.2) is 31.8 Å². The summed E-state index contributed by atoms with van der Waals surface area (Å²) in [6.07, 6.45) is 0. The number of nitrogens with zero attached hydrogens (tertiary/aromatic N) is 3. The molecule has 0 N–H and O–H groups in total. The fraction of sp³-hybridized carbons (Fsp3) is 0.375. The Bertz CT molecular complexity index is 989. The number of amides is 1. The first-order valence-electron chi connectivity index (χ1n) is 10.1. The van der Waals surface area contributed by atoms with E-state index in [4.69, 9.17) is 4.42 Å². The van der Waals surface area contributed by atoms with E-state index < -0.39 is 0 Å². The molecular weight excluding hydrogens is 394 g/mol. The van der Waals surface area contributed by atoms with Gasteiger partial charge in [0, 0.05) is 17.6 Å². The molecule has 0 spiro atoms. The number of thioether (sulfide) groups is 1. The molecule has 5 nitrogen and oxygen atoms in total. The summed E-state index contributed by atoms with van der Waals surface area (Å²) >= 11 is 1.30. The molecule has 6 heteroatoms. The zero-order valence-corrected chi connectivity index (χ0v) is 19.3. The molecule has 0 fully saturated rings. The van der Waals surface area contributed by atoms with Gasteiger partial charge in [0.1, 0.15) is 0 Å². The Morgan fingerprint density at radius 3 is 2.30 bits per heavy atom. The second kappa shape index (κ2) is 9.04. The fourth-order valence-electron chi connectivity index (χ4n) is 3.30. The van der Waals surface area contributed by atoms with Gasteiger partial charge < -0.3 is 9.32 Å². The summed E-state index contributed by atoms with van der Waals surface area (Å²) in [5.74, 6) is 0.517. The Hall–Kier alpha value is -2.60. The monoisotopic (exact) mass is 423 g/mol. The van der Waals surface area contributed by atoms with Gasteiger partial charge in [0.2, 0.25) is 11.8 Å². The van der Waals surface area contributed by atoms with Crippen molar-refractivity contribution in [1.29, 1.82) is 0 Å². The molecule has 1 amide bonds. The Morgan fingerprint density at radius 1 is 1.07 bits per heavy atom. The summed E-state index contributed by atoms with van der Waals surface area (Å²) in [5.41, 5.74) is 3.98. The minimum atomic E-state index is -0.347. The van der Waals surface area contributed by atoms with Crippen molar-refractivity contribution in [3.63, 3.8) is 0 Å². The van der Waals surface area contributed by atoms with Gasteiger partial charge in [-0.3, -0.25) is 4.79 Å². The van der Waals surface area contributed by atoms with E-state index in [0.29, 0.717) is 17.7 Å². The normalized spacial score (nSPS) is 12.6. The average Bonchev–Trinajstić information content (AvgIpc) is 3.13. The molecule has 0 saturated heterocycles. The molecule has 0 aliphatic heterocycles. The second-order valence-corrected chi connectivity index (χ2v) is 9.88. The maximum absolute atomic E-state index is 13.3. The Labute approximate surface area is 182 Å². The third-order valence-electron chi connectivity index (χ3n) is 4.76. The van der Waals surface area contributed by atoms with Crippen molar-refractivity contribution in [2.45, 2.75) is 64.1 Å². The molecule has 1 atom stereocenters. The predicted molar refractivity (Wildman–Crippen MR) is 121 cm³/mol. The molecule has 3 rings (SSSR count). The smallest absolute Gasteiger partial charge is 0.277 e. The molecule has 3 aromatic rings. The number of rotatable bonds is 6. The van der Waals surface area contributed by atoms with Crippen molar-refractivity contribution in [2.75, 3.05) is 0 Å². The van der Waals surface area contributed by atoms with Gasteiger partial charge in [-0.05, 0) is 59.2 Å². The largest absolute Gasteiger partial charge is 0.411 e. The number of aromatic nitrogens is 2. The van der Waals surface area contributed by atoms with Crippen LogP contribution in [-0.2, 0) is 11.3 Å². The Kier molecular flexibility index (Phi) is 6.66. The molecule has 0 bridgehead atoms. The highest BCUT2D eigenvalue weighted by atomic mass is 32.2. The van der Waals surface area contributed by atoms with E-state index in [1.165, 1.54) is 11.8 Å². The summed E-state index contributed by atoms with van der Waals surface area (Å²) in [6.45, 7) is 12.7. The van der Waals surface area contributed by atoms with E-state index in [2.05, 4.69) is 37.0 Å².